The second kappa shape index (κ2) is 6.07. The van der Waals surface area contributed by atoms with E-state index in [4.69, 9.17) is 0 Å². The van der Waals surface area contributed by atoms with Crippen LogP contribution in [0.15, 0.2) is 71.6 Å². The van der Waals surface area contributed by atoms with Gasteiger partial charge in [0, 0.05) is 17.4 Å². The third kappa shape index (κ3) is 2.88. The van der Waals surface area contributed by atoms with Gasteiger partial charge in [-0.2, -0.15) is 9.73 Å². The molecule has 0 fully saturated rings. The lowest BCUT2D eigenvalue weighted by molar-refractivity contribution is 0.602. The number of hydrogen-bond donors (Lipinski definition) is 0. The zero-order valence-corrected chi connectivity index (χ0v) is 15.2. The third-order valence-electron chi connectivity index (χ3n) is 4.26. The molecule has 6 heteroatoms. The van der Waals surface area contributed by atoms with E-state index in [9.17, 15) is 8.42 Å². The summed E-state index contributed by atoms with van der Waals surface area (Å²) in [5.41, 5.74) is 5.38. The highest BCUT2D eigenvalue weighted by Crippen LogP contribution is 2.35. The van der Waals surface area contributed by atoms with E-state index in [0.29, 0.717) is 4.90 Å². The first-order valence-electron chi connectivity index (χ1n) is 8.16. The Kier molecular flexibility index (Phi) is 3.85. The van der Waals surface area contributed by atoms with Gasteiger partial charge >= 0.3 is 0 Å². The monoisotopic (exact) mass is 363 g/mol. The van der Waals surface area contributed by atoms with Crippen molar-refractivity contribution in [3.63, 3.8) is 0 Å². The van der Waals surface area contributed by atoms with Crippen LogP contribution in [0, 0.1) is 6.92 Å². The molecule has 0 saturated heterocycles. The van der Waals surface area contributed by atoms with E-state index in [0.717, 1.165) is 33.6 Å². The summed E-state index contributed by atoms with van der Waals surface area (Å²) in [6.07, 6.45) is 1.21. The number of rotatable bonds is 3. The lowest BCUT2D eigenvalue weighted by atomic mass is 10.00. The van der Waals surface area contributed by atoms with Crippen LogP contribution in [-0.4, -0.2) is 29.5 Å². The Hall–Kier alpha value is -2.99. The average molecular weight is 363 g/mol. The summed E-state index contributed by atoms with van der Waals surface area (Å²) in [7, 11) is -3.23. The molecule has 0 aliphatic carbocycles. The molecule has 26 heavy (non-hydrogen) atoms. The molecule has 4 aromatic rings. The molecule has 0 atom stereocenters. The first-order chi connectivity index (χ1) is 12.4. The van der Waals surface area contributed by atoms with Crippen LogP contribution >= 0.6 is 0 Å². The summed E-state index contributed by atoms with van der Waals surface area (Å²) in [6.45, 7) is 1.92. The van der Waals surface area contributed by atoms with Crippen molar-refractivity contribution < 1.29 is 8.42 Å². The van der Waals surface area contributed by atoms with Gasteiger partial charge in [-0.05, 0) is 36.8 Å². The largest absolute Gasteiger partial charge is 0.224 e. The predicted octanol–water partition coefficient (Wildman–Crippen LogP) is 3.78. The van der Waals surface area contributed by atoms with Crippen LogP contribution in [0.5, 0.6) is 0 Å². The van der Waals surface area contributed by atoms with Gasteiger partial charge in [0.15, 0.2) is 9.84 Å². The van der Waals surface area contributed by atoms with Gasteiger partial charge in [-0.1, -0.05) is 42.5 Å². The van der Waals surface area contributed by atoms with E-state index >= 15 is 0 Å². The highest BCUT2D eigenvalue weighted by molar-refractivity contribution is 7.90. The van der Waals surface area contributed by atoms with Crippen LogP contribution < -0.4 is 0 Å². The van der Waals surface area contributed by atoms with Crippen molar-refractivity contribution in [1.29, 1.82) is 0 Å². The van der Waals surface area contributed by atoms with Crippen molar-refractivity contribution >= 4 is 15.4 Å². The van der Waals surface area contributed by atoms with Crippen molar-refractivity contribution in [3.8, 4) is 22.4 Å². The second-order valence-electron chi connectivity index (χ2n) is 6.24. The minimum Gasteiger partial charge on any atom is -0.224 e. The Morgan fingerprint density at radius 1 is 0.808 bits per heavy atom. The average Bonchev–Trinajstić information content (AvgIpc) is 3.00. The fourth-order valence-corrected chi connectivity index (χ4v) is 3.61. The summed E-state index contributed by atoms with van der Waals surface area (Å²) in [5.74, 6) is 0. The number of aryl methyl sites for hydroxylation is 1. The molecule has 0 unspecified atom stereocenters. The van der Waals surface area contributed by atoms with E-state index < -0.39 is 9.84 Å². The molecule has 5 nitrogen and oxygen atoms in total. The van der Waals surface area contributed by atoms with Gasteiger partial charge in [-0.3, -0.25) is 0 Å². The summed E-state index contributed by atoms with van der Waals surface area (Å²) >= 11 is 0. The molecule has 0 radical (unpaired) electrons. The topological polar surface area (TPSA) is 64.3 Å². The highest BCUT2D eigenvalue weighted by atomic mass is 32.2. The number of benzene rings is 2. The molecule has 0 bridgehead atoms. The molecule has 0 N–H and O–H groups in total. The number of sulfone groups is 1. The van der Waals surface area contributed by atoms with Crippen molar-refractivity contribution in [2.24, 2.45) is 0 Å². The normalized spacial score (nSPS) is 11.8. The van der Waals surface area contributed by atoms with Crippen LogP contribution in [0.25, 0.3) is 27.9 Å². The standard InChI is InChI=1S/C20H17N3O2S/c1-14-8-13-18-19(15-9-11-17(12-10-15)26(2,24)25)20(22-23(18)21-14)16-6-4-3-5-7-16/h3-13H,1-2H3. The summed E-state index contributed by atoms with van der Waals surface area (Å²) in [6, 6.07) is 20.7. The molecule has 0 amide bonds. The van der Waals surface area contributed by atoms with Crippen molar-refractivity contribution in [3.05, 3.63) is 72.4 Å². The Labute approximate surface area is 151 Å². The van der Waals surface area contributed by atoms with Crippen molar-refractivity contribution in [2.45, 2.75) is 11.8 Å². The van der Waals surface area contributed by atoms with Gasteiger partial charge in [0.25, 0.3) is 0 Å². The first kappa shape index (κ1) is 16.5. The molecule has 4 rings (SSSR count). The third-order valence-corrected chi connectivity index (χ3v) is 5.38. The summed E-state index contributed by atoms with van der Waals surface area (Å²) in [5, 5.41) is 9.15. The quantitative estimate of drug-likeness (QED) is 0.556. The molecule has 130 valence electrons. The van der Waals surface area contributed by atoms with E-state index in [1.165, 1.54) is 6.26 Å². The maximum Gasteiger partial charge on any atom is 0.175 e. The fraction of sp³-hybridized carbons (Fsp3) is 0.100. The minimum atomic E-state index is -3.23. The molecule has 0 spiro atoms. The van der Waals surface area contributed by atoms with Gasteiger partial charge in [0.2, 0.25) is 0 Å². The SMILES string of the molecule is Cc1ccc2c(-c3ccc(S(C)(=O)=O)cc3)c(-c3ccccc3)nn2n1. The van der Waals surface area contributed by atoms with E-state index in [-0.39, 0.29) is 0 Å². The van der Waals surface area contributed by atoms with E-state index in [1.807, 2.05) is 61.5 Å². The molecule has 0 aliphatic rings. The smallest absolute Gasteiger partial charge is 0.175 e. The van der Waals surface area contributed by atoms with Crippen LogP contribution in [-0.2, 0) is 9.84 Å². The number of hydrogen-bond acceptors (Lipinski definition) is 4. The Morgan fingerprint density at radius 3 is 2.15 bits per heavy atom. The molecule has 2 aromatic heterocycles. The minimum absolute atomic E-state index is 0.299. The van der Waals surface area contributed by atoms with E-state index in [2.05, 4.69) is 10.2 Å². The van der Waals surface area contributed by atoms with Gasteiger partial charge in [0.05, 0.1) is 16.1 Å². The Bertz CT molecular complexity index is 1200. The molecule has 0 aliphatic heterocycles. The number of fused-ring (bicyclic) bond motifs is 1. The zero-order chi connectivity index (χ0) is 18.3. The maximum atomic E-state index is 11.7. The Balaban J connectivity index is 1.98. The lowest BCUT2D eigenvalue weighted by Crippen LogP contribution is -1.96. The molecular formula is C20H17N3O2S. The van der Waals surface area contributed by atoms with Crippen LogP contribution in [0.3, 0.4) is 0 Å². The zero-order valence-electron chi connectivity index (χ0n) is 14.4. The number of aromatic nitrogens is 3. The summed E-state index contributed by atoms with van der Waals surface area (Å²) < 4.78 is 25.1. The fourth-order valence-electron chi connectivity index (χ4n) is 2.98. The maximum absolute atomic E-state index is 11.7. The van der Waals surface area contributed by atoms with Gasteiger partial charge in [-0.25, -0.2) is 8.42 Å². The van der Waals surface area contributed by atoms with Crippen LogP contribution in [0.1, 0.15) is 5.69 Å². The predicted molar refractivity (Wildman–Crippen MR) is 102 cm³/mol. The molecule has 2 aromatic carbocycles. The van der Waals surface area contributed by atoms with Crippen molar-refractivity contribution in [2.75, 3.05) is 6.26 Å². The molecular weight excluding hydrogens is 346 g/mol. The van der Waals surface area contributed by atoms with Crippen LogP contribution in [0.2, 0.25) is 0 Å². The number of nitrogens with zero attached hydrogens (tertiary/aromatic N) is 3. The summed E-state index contributed by atoms with van der Waals surface area (Å²) in [4.78, 5) is 0.299. The molecule has 2 heterocycles. The van der Waals surface area contributed by atoms with Crippen LogP contribution in [0.4, 0.5) is 0 Å². The highest BCUT2D eigenvalue weighted by Gasteiger charge is 2.17. The molecule has 0 saturated carbocycles. The lowest BCUT2D eigenvalue weighted by Gasteiger charge is -2.05. The van der Waals surface area contributed by atoms with Gasteiger partial charge < -0.3 is 0 Å². The first-order valence-corrected chi connectivity index (χ1v) is 10.1. The second-order valence-corrected chi connectivity index (χ2v) is 8.25. The van der Waals surface area contributed by atoms with E-state index in [1.54, 1.807) is 16.8 Å². The van der Waals surface area contributed by atoms with Gasteiger partial charge in [-0.15, -0.1) is 5.10 Å². The Morgan fingerprint density at radius 2 is 1.50 bits per heavy atom. The van der Waals surface area contributed by atoms with Gasteiger partial charge in [0.1, 0.15) is 5.69 Å². The van der Waals surface area contributed by atoms with Crippen molar-refractivity contribution in [1.82, 2.24) is 14.8 Å².